The minimum absolute atomic E-state index is 0.0989. The third-order valence-corrected chi connectivity index (χ3v) is 9.52. The van der Waals surface area contributed by atoms with Crippen molar-refractivity contribution in [3.8, 4) is 0 Å². The lowest BCUT2D eigenvalue weighted by molar-refractivity contribution is -0.119. The monoisotopic (exact) mass is 508 g/mol. The van der Waals surface area contributed by atoms with Gasteiger partial charge in [0.05, 0.1) is 10.6 Å². The summed E-state index contributed by atoms with van der Waals surface area (Å²) in [4.78, 5) is 12.8. The standard InChI is InChI=1S/C25H33ClN2O3S2/c1-19-9-12-22(17-20(19)2)28(33(30,31)24-13-10-21(26)11-14-24)18-25(29)27-15-6-16-32-23-7-4-3-5-8-23/h9-14,17,23H,3-8,15-16,18H2,1-2H3,(H,27,29). The summed E-state index contributed by atoms with van der Waals surface area (Å²) in [5, 5.41) is 4.10. The first kappa shape index (κ1) is 25.9. The van der Waals surface area contributed by atoms with Crippen LogP contribution < -0.4 is 9.62 Å². The van der Waals surface area contributed by atoms with E-state index >= 15 is 0 Å². The predicted molar refractivity (Wildman–Crippen MR) is 139 cm³/mol. The number of thioether (sulfide) groups is 1. The van der Waals surface area contributed by atoms with E-state index < -0.39 is 10.0 Å². The van der Waals surface area contributed by atoms with Crippen LogP contribution in [0.4, 0.5) is 5.69 Å². The second-order valence-corrected chi connectivity index (χ2v) is 12.3. The summed E-state index contributed by atoms with van der Waals surface area (Å²) in [7, 11) is -3.94. The molecule has 1 fully saturated rings. The maximum Gasteiger partial charge on any atom is 0.264 e. The fourth-order valence-corrected chi connectivity index (χ4v) is 6.75. The van der Waals surface area contributed by atoms with Gasteiger partial charge in [-0.2, -0.15) is 11.8 Å². The van der Waals surface area contributed by atoms with E-state index in [1.807, 2.05) is 31.7 Å². The minimum Gasteiger partial charge on any atom is -0.354 e. The molecule has 0 atom stereocenters. The van der Waals surface area contributed by atoms with Crippen LogP contribution in [0, 0.1) is 13.8 Å². The number of rotatable bonds is 10. The number of amides is 1. The number of anilines is 1. The molecule has 0 heterocycles. The lowest BCUT2D eigenvalue weighted by Crippen LogP contribution is -2.41. The van der Waals surface area contributed by atoms with Crippen LogP contribution in [0.5, 0.6) is 0 Å². The van der Waals surface area contributed by atoms with Crippen molar-refractivity contribution in [2.75, 3.05) is 23.1 Å². The Balaban J connectivity index is 1.65. The summed E-state index contributed by atoms with van der Waals surface area (Å²) < 4.78 is 28.0. The Labute approximate surface area is 207 Å². The van der Waals surface area contributed by atoms with Gasteiger partial charge in [-0.1, -0.05) is 36.9 Å². The van der Waals surface area contributed by atoms with Crippen LogP contribution in [0.3, 0.4) is 0 Å². The number of nitrogens with zero attached hydrogens (tertiary/aromatic N) is 1. The number of carbonyl (C=O) groups is 1. The summed E-state index contributed by atoms with van der Waals surface area (Å²) in [5.41, 5.74) is 2.49. The van der Waals surface area contributed by atoms with Crippen LogP contribution in [-0.2, 0) is 14.8 Å². The molecule has 1 amide bonds. The molecule has 3 rings (SSSR count). The average Bonchev–Trinajstić information content (AvgIpc) is 2.80. The summed E-state index contributed by atoms with van der Waals surface area (Å²) >= 11 is 7.94. The molecular weight excluding hydrogens is 476 g/mol. The van der Waals surface area contributed by atoms with E-state index in [4.69, 9.17) is 11.6 Å². The topological polar surface area (TPSA) is 66.5 Å². The van der Waals surface area contributed by atoms with Crippen molar-refractivity contribution in [1.29, 1.82) is 0 Å². The normalized spacial score (nSPS) is 14.8. The molecular formula is C25H33ClN2O3S2. The molecule has 2 aromatic carbocycles. The third kappa shape index (κ3) is 7.39. The van der Waals surface area contributed by atoms with Gasteiger partial charge in [0, 0.05) is 16.8 Å². The summed E-state index contributed by atoms with van der Waals surface area (Å²) in [6.07, 6.45) is 7.47. The molecule has 180 valence electrons. The van der Waals surface area contributed by atoms with Gasteiger partial charge < -0.3 is 5.32 Å². The number of hydrogen-bond donors (Lipinski definition) is 1. The number of sulfonamides is 1. The van der Waals surface area contributed by atoms with E-state index in [0.717, 1.165) is 28.6 Å². The van der Waals surface area contributed by atoms with Crippen molar-refractivity contribution in [2.24, 2.45) is 0 Å². The van der Waals surface area contributed by atoms with Gasteiger partial charge in [-0.15, -0.1) is 0 Å². The molecule has 0 spiro atoms. The summed E-state index contributed by atoms with van der Waals surface area (Å²) in [5.74, 6) is 0.697. The van der Waals surface area contributed by atoms with Crippen molar-refractivity contribution >= 4 is 45.0 Å². The van der Waals surface area contributed by atoms with E-state index in [9.17, 15) is 13.2 Å². The van der Waals surface area contributed by atoms with Crippen molar-refractivity contribution in [1.82, 2.24) is 5.32 Å². The van der Waals surface area contributed by atoms with Gasteiger partial charge in [0.25, 0.3) is 10.0 Å². The van der Waals surface area contributed by atoms with Crippen LogP contribution in [-0.4, -0.2) is 38.4 Å². The molecule has 0 radical (unpaired) electrons. The lowest BCUT2D eigenvalue weighted by atomic mass is 10.0. The number of halogens is 1. The number of nitrogens with one attached hydrogen (secondary N) is 1. The molecule has 1 aliphatic carbocycles. The maximum absolute atomic E-state index is 13.4. The van der Waals surface area contributed by atoms with Crippen LogP contribution in [0.25, 0.3) is 0 Å². The quantitative estimate of drug-likeness (QED) is 0.416. The molecule has 2 aromatic rings. The van der Waals surface area contributed by atoms with E-state index in [1.165, 1.54) is 60.7 Å². The Morgan fingerprint density at radius 2 is 1.76 bits per heavy atom. The highest BCUT2D eigenvalue weighted by atomic mass is 35.5. The Hall–Kier alpha value is -1.70. The highest BCUT2D eigenvalue weighted by Crippen LogP contribution is 2.29. The average molecular weight is 509 g/mol. The summed E-state index contributed by atoms with van der Waals surface area (Å²) in [6, 6.07) is 11.4. The Bertz CT molecular complexity index is 1040. The summed E-state index contributed by atoms with van der Waals surface area (Å²) in [6.45, 7) is 4.16. The first-order valence-electron chi connectivity index (χ1n) is 11.5. The van der Waals surface area contributed by atoms with Crippen molar-refractivity contribution in [2.45, 2.75) is 62.5 Å². The maximum atomic E-state index is 13.4. The molecule has 1 N–H and O–H groups in total. The van der Waals surface area contributed by atoms with Gasteiger partial charge in [0.2, 0.25) is 5.91 Å². The first-order valence-corrected chi connectivity index (χ1v) is 14.4. The van der Waals surface area contributed by atoms with E-state index in [1.54, 1.807) is 12.1 Å². The Morgan fingerprint density at radius 1 is 1.06 bits per heavy atom. The number of carbonyl (C=O) groups excluding carboxylic acids is 1. The fourth-order valence-electron chi connectivity index (χ4n) is 3.90. The molecule has 0 unspecified atom stereocenters. The van der Waals surface area contributed by atoms with Crippen LogP contribution in [0.1, 0.15) is 49.7 Å². The van der Waals surface area contributed by atoms with Crippen molar-refractivity contribution in [3.63, 3.8) is 0 Å². The number of aryl methyl sites for hydroxylation is 2. The Kier molecular flexibility index (Phi) is 9.53. The molecule has 5 nitrogen and oxygen atoms in total. The second-order valence-electron chi connectivity index (χ2n) is 8.57. The third-order valence-electron chi connectivity index (χ3n) is 6.02. The molecule has 0 aliphatic heterocycles. The molecule has 1 aliphatic rings. The second kappa shape index (κ2) is 12.1. The van der Waals surface area contributed by atoms with Crippen LogP contribution in [0.15, 0.2) is 47.4 Å². The smallest absolute Gasteiger partial charge is 0.264 e. The SMILES string of the molecule is Cc1ccc(N(CC(=O)NCCCSC2CCCCC2)S(=O)(=O)c2ccc(Cl)cc2)cc1C. The van der Waals surface area contributed by atoms with Crippen molar-refractivity contribution < 1.29 is 13.2 Å². The zero-order valence-corrected chi connectivity index (χ0v) is 21.7. The van der Waals surface area contributed by atoms with E-state index in [2.05, 4.69) is 5.32 Å². The van der Waals surface area contributed by atoms with Crippen LogP contribution >= 0.6 is 23.4 Å². The van der Waals surface area contributed by atoms with Gasteiger partial charge in [-0.05, 0) is 86.4 Å². The molecule has 8 heteroatoms. The highest BCUT2D eigenvalue weighted by Gasteiger charge is 2.27. The Morgan fingerprint density at radius 3 is 2.42 bits per heavy atom. The van der Waals surface area contributed by atoms with Gasteiger partial charge in [-0.3, -0.25) is 9.10 Å². The predicted octanol–water partition coefficient (Wildman–Crippen LogP) is 5.72. The van der Waals surface area contributed by atoms with Crippen LogP contribution in [0.2, 0.25) is 5.02 Å². The van der Waals surface area contributed by atoms with Crippen molar-refractivity contribution in [3.05, 3.63) is 58.6 Å². The van der Waals surface area contributed by atoms with E-state index in [0.29, 0.717) is 17.3 Å². The van der Waals surface area contributed by atoms with Gasteiger partial charge in [0.15, 0.2) is 0 Å². The number of benzene rings is 2. The van der Waals surface area contributed by atoms with Gasteiger partial charge >= 0.3 is 0 Å². The molecule has 0 bridgehead atoms. The fraction of sp³-hybridized carbons (Fsp3) is 0.480. The number of hydrogen-bond acceptors (Lipinski definition) is 4. The van der Waals surface area contributed by atoms with E-state index in [-0.39, 0.29) is 17.3 Å². The molecule has 0 saturated heterocycles. The zero-order chi connectivity index (χ0) is 23.8. The van der Waals surface area contributed by atoms with Gasteiger partial charge in [-0.25, -0.2) is 8.42 Å². The molecule has 1 saturated carbocycles. The lowest BCUT2D eigenvalue weighted by Gasteiger charge is -2.25. The molecule has 0 aromatic heterocycles. The highest BCUT2D eigenvalue weighted by molar-refractivity contribution is 7.99. The minimum atomic E-state index is -3.94. The van der Waals surface area contributed by atoms with Gasteiger partial charge in [0.1, 0.15) is 6.54 Å². The first-order chi connectivity index (χ1) is 15.8. The largest absolute Gasteiger partial charge is 0.354 e. The zero-order valence-electron chi connectivity index (χ0n) is 19.3. The molecule has 33 heavy (non-hydrogen) atoms.